The molecule has 0 radical (unpaired) electrons. The van der Waals surface area contributed by atoms with Gasteiger partial charge in [0.25, 0.3) is 0 Å². The first-order valence-corrected chi connectivity index (χ1v) is 7.24. The van der Waals surface area contributed by atoms with Gasteiger partial charge in [-0.15, -0.1) is 0 Å². The van der Waals surface area contributed by atoms with Gasteiger partial charge in [-0.05, 0) is 26.3 Å². The van der Waals surface area contributed by atoms with Crippen LogP contribution >= 0.6 is 0 Å². The molecule has 0 saturated heterocycles. The lowest BCUT2D eigenvalue weighted by Gasteiger charge is -2.18. The van der Waals surface area contributed by atoms with Gasteiger partial charge in [0.2, 0.25) is 0 Å². The van der Waals surface area contributed by atoms with Crippen LogP contribution in [0.3, 0.4) is 0 Å². The minimum absolute atomic E-state index is 0.897. The van der Waals surface area contributed by atoms with Crippen LogP contribution in [-0.4, -0.2) is 41.2 Å². The summed E-state index contributed by atoms with van der Waals surface area (Å²) in [5.74, 6) is 1.12. The number of benzene rings is 1. The Morgan fingerprint density at radius 3 is 2.10 bits per heavy atom. The SMILES string of the molecule is CC.CCN1CN(Cc2ccc(C)cc2)N=C1C.CO. The molecule has 0 aromatic heterocycles. The maximum atomic E-state index is 7.00. The quantitative estimate of drug-likeness (QED) is 0.924. The number of aliphatic hydroxyl groups is 1. The summed E-state index contributed by atoms with van der Waals surface area (Å²) in [5, 5.41) is 13.6. The molecule has 1 heterocycles. The molecule has 0 spiro atoms. The number of hydrogen-bond donors (Lipinski definition) is 1. The first-order valence-electron chi connectivity index (χ1n) is 7.24. The highest BCUT2D eigenvalue weighted by molar-refractivity contribution is 5.80. The third-order valence-corrected chi connectivity index (χ3v) is 2.95. The van der Waals surface area contributed by atoms with E-state index in [1.54, 1.807) is 0 Å². The molecule has 0 bridgehead atoms. The summed E-state index contributed by atoms with van der Waals surface area (Å²) >= 11 is 0. The van der Waals surface area contributed by atoms with E-state index in [9.17, 15) is 0 Å². The van der Waals surface area contributed by atoms with Crippen molar-refractivity contribution in [2.75, 3.05) is 20.3 Å². The molecule has 1 aromatic rings. The fourth-order valence-corrected chi connectivity index (χ4v) is 1.92. The molecule has 0 unspecified atom stereocenters. The van der Waals surface area contributed by atoms with Gasteiger partial charge in [-0.2, -0.15) is 5.10 Å². The molecule has 1 aromatic carbocycles. The molecule has 0 aliphatic carbocycles. The monoisotopic (exact) mass is 279 g/mol. The fourth-order valence-electron chi connectivity index (χ4n) is 1.92. The van der Waals surface area contributed by atoms with E-state index in [2.05, 4.69) is 60.0 Å². The lowest BCUT2D eigenvalue weighted by atomic mass is 10.1. The minimum Gasteiger partial charge on any atom is -0.400 e. The van der Waals surface area contributed by atoms with Gasteiger partial charge in [0.05, 0.1) is 6.54 Å². The molecular weight excluding hydrogens is 250 g/mol. The summed E-state index contributed by atoms with van der Waals surface area (Å²) in [4.78, 5) is 2.27. The second-order valence-corrected chi connectivity index (χ2v) is 4.29. The van der Waals surface area contributed by atoms with Crippen molar-refractivity contribution >= 4 is 5.84 Å². The van der Waals surface area contributed by atoms with Gasteiger partial charge in [0, 0.05) is 13.7 Å². The van der Waals surface area contributed by atoms with Crippen molar-refractivity contribution in [2.45, 2.75) is 41.2 Å². The Labute approximate surface area is 123 Å². The molecule has 4 heteroatoms. The van der Waals surface area contributed by atoms with Crippen LogP contribution in [0.25, 0.3) is 0 Å². The Morgan fingerprint density at radius 1 is 1.10 bits per heavy atom. The van der Waals surface area contributed by atoms with E-state index in [4.69, 9.17) is 5.11 Å². The molecule has 1 aliphatic rings. The van der Waals surface area contributed by atoms with E-state index in [0.29, 0.717) is 0 Å². The Bertz CT molecular complexity index is 387. The Kier molecular flexibility index (Phi) is 9.47. The molecule has 2 rings (SSSR count). The minimum atomic E-state index is 0.897. The van der Waals surface area contributed by atoms with E-state index < -0.39 is 0 Å². The standard InChI is InChI=1S/C13H19N3.C2H6.CH4O/c1-4-15-10-16(14-12(15)3)9-13-7-5-11(2)6-8-13;2*1-2/h5-8H,4,9-10H2,1-3H3;1-2H3;2H,1H3. The molecule has 0 saturated carbocycles. The van der Waals surface area contributed by atoms with Crippen LogP contribution in [0.2, 0.25) is 0 Å². The van der Waals surface area contributed by atoms with Gasteiger partial charge in [0.1, 0.15) is 12.5 Å². The molecule has 20 heavy (non-hydrogen) atoms. The molecule has 4 nitrogen and oxygen atoms in total. The van der Waals surface area contributed by atoms with Crippen molar-refractivity contribution in [1.82, 2.24) is 9.91 Å². The number of hydrazone groups is 1. The number of amidine groups is 1. The molecule has 0 fully saturated rings. The molecular formula is C16H29N3O. The molecule has 0 amide bonds. The van der Waals surface area contributed by atoms with E-state index in [-0.39, 0.29) is 0 Å². The van der Waals surface area contributed by atoms with Crippen LogP contribution in [0.15, 0.2) is 29.4 Å². The summed E-state index contributed by atoms with van der Waals surface area (Å²) < 4.78 is 0. The Hall–Kier alpha value is -1.55. The van der Waals surface area contributed by atoms with Crippen molar-refractivity contribution in [3.8, 4) is 0 Å². The maximum absolute atomic E-state index is 7.00. The van der Waals surface area contributed by atoms with Gasteiger partial charge in [-0.1, -0.05) is 43.7 Å². The molecule has 1 N–H and O–H groups in total. The number of hydrogen-bond acceptors (Lipinski definition) is 4. The summed E-state index contributed by atoms with van der Waals surface area (Å²) in [6.07, 6.45) is 0. The zero-order valence-corrected chi connectivity index (χ0v) is 13.7. The highest BCUT2D eigenvalue weighted by atomic mass is 16.2. The number of aryl methyl sites for hydroxylation is 1. The van der Waals surface area contributed by atoms with Gasteiger partial charge in [-0.25, -0.2) is 0 Å². The van der Waals surface area contributed by atoms with Crippen molar-refractivity contribution in [1.29, 1.82) is 0 Å². The zero-order valence-electron chi connectivity index (χ0n) is 13.7. The van der Waals surface area contributed by atoms with E-state index >= 15 is 0 Å². The van der Waals surface area contributed by atoms with Crippen LogP contribution in [-0.2, 0) is 6.54 Å². The van der Waals surface area contributed by atoms with Gasteiger partial charge in [-0.3, -0.25) is 5.01 Å². The largest absolute Gasteiger partial charge is 0.400 e. The number of nitrogens with zero attached hydrogens (tertiary/aromatic N) is 3. The second kappa shape index (κ2) is 10.3. The first-order chi connectivity index (χ1) is 9.69. The normalized spacial score (nSPS) is 13.1. The van der Waals surface area contributed by atoms with Gasteiger partial charge in [0.15, 0.2) is 0 Å². The Morgan fingerprint density at radius 2 is 1.65 bits per heavy atom. The summed E-state index contributed by atoms with van der Waals surface area (Å²) in [6, 6.07) is 8.66. The van der Waals surface area contributed by atoms with Gasteiger partial charge < -0.3 is 10.0 Å². The fraction of sp³-hybridized carbons (Fsp3) is 0.562. The second-order valence-electron chi connectivity index (χ2n) is 4.29. The maximum Gasteiger partial charge on any atom is 0.123 e. The molecule has 114 valence electrons. The number of rotatable bonds is 3. The summed E-state index contributed by atoms with van der Waals surface area (Å²) in [7, 11) is 1.00. The Balaban J connectivity index is 0.000000829. The average Bonchev–Trinajstić information content (AvgIpc) is 2.85. The topological polar surface area (TPSA) is 39.1 Å². The third kappa shape index (κ3) is 5.61. The molecule has 0 atom stereocenters. The number of aliphatic hydroxyl groups excluding tert-OH is 1. The van der Waals surface area contributed by atoms with Crippen LogP contribution in [0, 0.1) is 6.92 Å². The van der Waals surface area contributed by atoms with Crippen molar-refractivity contribution in [3.05, 3.63) is 35.4 Å². The van der Waals surface area contributed by atoms with E-state index in [1.807, 2.05) is 13.8 Å². The third-order valence-electron chi connectivity index (χ3n) is 2.95. The van der Waals surface area contributed by atoms with E-state index in [0.717, 1.165) is 32.7 Å². The van der Waals surface area contributed by atoms with Gasteiger partial charge >= 0.3 is 0 Å². The predicted molar refractivity (Wildman–Crippen MR) is 86.6 cm³/mol. The van der Waals surface area contributed by atoms with Crippen LogP contribution in [0.5, 0.6) is 0 Å². The lowest BCUT2D eigenvalue weighted by Crippen LogP contribution is -2.29. The lowest BCUT2D eigenvalue weighted by molar-refractivity contribution is 0.231. The summed E-state index contributed by atoms with van der Waals surface area (Å²) in [6.45, 7) is 13.2. The average molecular weight is 279 g/mol. The highest BCUT2D eigenvalue weighted by Crippen LogP contribution is 2.12. The van der Waals surface area contributed by atoms with Crippen LogP contribution < -0.4 is 0 Å². The predicted octanol–water partition coefficient (Wildman–Crippen LogP) is 3.06. The van der Waals surface area contributed by atoms with Crippen molar-refractivity contribution < 1.29 is 5.11 Å². The zero-order chi connectivity index (χ0) is 15.5. The smallest absolute Gasteiger partial charge is 0.123 e. The van der Waals surface area contributed by atoms with Crippen molar-refractivity contribution in [2.24, 2.45) is 5.10 Å². The van der Waals surface area contributed by atoms with Crippen molar-refractivity contribution in [3.63, 3.8) is 0 Å². The first kappa shape index (κ1) is 18.4. The van der Waals surface area contributed by atoms with Crippen LogP contribution in [0.4, 0.5) is 0 Å². The van der Waals surface area contributed by atoms with Crippen LogP contribution in [0.1, 0.15) is 38.8 Å². The molecule has 1 aliphatic heterocycles. The van der Waals surface area contributed by atoms with E-state index in [1.165, 1.54) is 11.1 Å². The highest BCUT2D eigenvalue weighted by Gasteiger charge is 2.17. The summed E-state index contributed by atoms with van der Waals surface area (Å²) in [5.41, 5.74) is 2.63.